The van der Waals surface area contributed by atoms with E-state index in [2.05, 4.69) is 16.3 Å². The van der Waals surface area contributed by atoms with Crippen molar-refractivity contribution < 1.29 is 0 Å². The zero-order valence-corrected chi connectivity index (χ0v) is 6.72. The van der Waals surface area contributed by atoms with Crippen molar-refractivity contribution >= 4 is 0 Å². The Bertz CT molecular complexity index is 285. The highest BCUT2D eigenvalue weighted by Gasteiger charge is 2.28. The third kappa shape index (κ3) is 1.07. The van der Waals surface area contributed by atoms with Crippen molar-refractivity contribution in [3.63, 3.8) is 0 Å². The van der Waals surface area contributed by atoms with Gasteiger partial charge in [0.05, 0.1) is 18.0 Å². The molecule has 1 heterocycles. The van der Waals surface area contributed by atoms with Gasteiger partial charge < -0.3 is 4.57 Å². The normalized spacial score (nSPS) is 28.6. The van der Waals surface area contributed by atoms with Gasteiger partial charge in [0, 0.05) is 0 Å². The van der Waals surface area contributed by atoms with Crippen molar-refractivity contribution in [2.75, 3.05) is 0 Å². The summed E-state index contributed by atoms with van der Waals surface area (Å²) in [7, 11) is 0. The minimum absolute atomic E-state index is 0.154. The van der Waals surface area contributed by atoms with Gasteiger partial charge in [0.15, 0.2) is 0 Å². The number of nitriles is 1. The van der Waals surface area contributed by atoms with Gasteiger partial charge in [-0.3, -0.25) is 0 Å². The van der Waals surface area contributed by atoms with E-state index >= 15 is 0 Å². The Morgan fingerprint density at radius 1 is 1.33 bits per heavy atom. The SMILES string of the molecule is N#CC1CCCC1n1cnnc1. The molecular formula is C8H10N4. The highest BCUT2D eigenvalue weighted by atomic mass is 15.2. The van der Waals surface area contributed by atoms with E-state index in [1.807, 2.05) is 4.57 Å². The van der Waals surface area contributed by atoms with E-state index in [4.69, 9.17) is 5.26 Å². The van der Waals surface area contributed by atoms with Gasteiger partial charge >= 0.3 is 0 Å². The van der Waals surface area contributed by atoms with Crippen LogP contribution in [-0.2, 0) is 0 Å². The Morgan fingerprint density at radius 3 is 2.75 bits per heavy atom. The van der Waals surface area contributed by atoms with Crippen LogP contribution in [0.25, 0.3) is 0 Å². The molecule has 0 amide bonds. The van der Waals surface area contributed by atoms with Gasteiger partial charge in [-0.05, 0) is 19.3 Å². The molecule has 2 atom stereocenters. The lowest BCUT2D eigenvalue weighted by molar-refractivity contribution is 0.448. The molecule has 0 radical (unpaired) electrons. The molecule has 1 aromatic rings. The molecule has 62 valence electrons. The molecule has 4 nitrogen and oxygen atoms in total. The fraction of sp³-hybridized carbons (Fsp3) is 0.625. The van der Waals surface area contributed by atoms with Gasteiger partial charge in [0.25, 0.3) is 0 Å². The molecule has 0 N–H and O–H groups in total. The predicted octanol–water partition coefficient (Wildman–Crippen LogP) is 1.14. The van der Waals surface area contributed by atoms with E-state index in [1.54, 1.807) is 12.7 Å². The summed E-state index contributed by atoms with van der Waals surface area (Å²) in [6.45, 7) is 0. The first-order chi connectivity index (χ1) is 5.92. The van der Waals surface area contributed by atoms with Crippen LogP contribution in [-0.4, -0.2) is 14.8 Å². The highest BCUT2D eigenvalue weighted by molar-refractivity contribution is 4.96. The van der Waals surface area contributed by atoms with Gasteiger partial charge in [-0.1, -0.05) is 0 Å². The molecule has 1 aromatic heterocycles. The Hall–Kier alpha value is -1.37. The summed E-state index contributed by atoms with van der Waals surface area (Å²) < 4.78 is 1.95. The molecule has 0 bridgehead atoms. The first-order valence-corrected chi connectivity index (χ1v) is 4.15. The van der Waals surface area contributed by atoms with Crippen LogP contribution in [0.2, 0.25) is 0 Å². The molecule has 4 heteroatoms. The molecule has 2 unspecified atom stereocenters. The molecule has 12 heavy (non-hydrogen) atoms. The van der Waals surface area contributed by atoms with E-state index in [9.17, 15) is 0 Å². The molecule has 1 aliphatic rings. The molecule has 0 spiro atoms. The van der Waals surface area contributed by atoms with Crippen LogP contribution < -0.4 is 0 Å². The molecule has 0 aliphatic heterocycles. The van der Waals surface area contributed by atoms with Gasteiger partial charge in [-0.25, -0.2) is 0 Å². The van der Waals surface area contributed by atoms with Gasteiger partial charge in [-0.15, -0.1) is 10.2 Å². The van der Waals surface area contributed by atoms with Crippen molar-refractivity contribution in [1.29, 1.82) is 5.26 Å². The molecular weight excluding hydrogens is 152 g/mol. The Balaban J connectivity index is 2.20. The van der Waals surface area contributed by atoms with Gasteiger partial charge in [0.2, 0.25) is 0 Å². The smallest absolute Gasteiger partial charge is 0.119 e. The first kappa shape index (κ1) is 7.29. The van der Waals surface area contributed by atoms with Gasteiger partial charge in [-0.2, -0.15) is 5.26 Å². The summed E-state index contributed by atoms with van der Waals surface area (Å²) in [5.74, 6) is 0.154. The summed E-state index contributed by atoms with van der Waals surface area (Å²) in [5.41, 5.74) is 0. The van der Waals surface area contributed by atoms with E-state index in [0.717, 1.165) is 19.3 Å². The zero-order valence-electron chi connectivity index (χ0n) is 6.72. The zero-order chi connectivity index (χ0) is 8.39. The van der Waals surface area contributed by atoms with Crippen molar-refractivity contribution in [2.45, 2.75) is 25.3 Å². The largest absolute Gasteiger partial charge is 0.316 e. The minimum Gasteiger partial charge on any atom is -0.316 e. The van der Waals surface area contributed by atoms with E-state index in [1.165, 1.54) is 0 Å². The van der Waals surface area contributed by atoms with Crippen molar-refractivity contribution in [3.8, 4) is 6.07 Å². The summed E-state index contributed by atoms with van der Waals surface area (Å²) >= 11 is 0. The van der Waals surface area contributed by atoms with Crippen LogP contribution in [0.4, 0.5) is 0 Å². The van der Waals surface area contributed by atoms with Crippen LogP contribution in [0.1, 0.15) is 25.3 Å². The van der Waals surface area contributed by atoms with Crippen LogP contribution >= 0.6 is 0 Å². The molecule has 1 saturated carbocycles. The first-order valence-electron chi connectivity index (χ1n) is 4.15. The lowest BCUT2D eigenvalue weighted by atomic mass is 10.1. The Morgan fingerprint density at radius 2 is 2.08 bits per heavy atom. The highest BCUT2D eigenvalue weighted by Crippen LogP contribution is 2.34. The fourth-order valence-corrected chi connectivity index (χ4v) is 1.83. The maximum atomic E-state index is 8.83. The molecule has 1 aliphatic carbocycles. The maximum absolute atomic E-state index is 8.83. The third-order valence-electron chi connectivity index (χ3n) is 2.46. The van der Waals surface area contributed by atoms with E-state index in [-0.39, 0.29) is 5.92 Å². The minimum atomic E-state index is 0.154. The number of hydrogen-bond acceptors (Lipinski definition) is 3. The Kier molecular flexibility index (Phi) is 1.78. The lowest BCUT2D eigenvalue weighted by Crippen LogP contribution is -2.10. The van der Waals surface area contributed by atoms with Crippen LogP contribution in [0, 0.1) is 17.2 Å². The van der Waals surface area contributed by atoms with E-state index < -0.39 is 0 Å². The van der Waals surface area contributed by atoms with E-state index in [0.29, 0.717) is 6.04 Å². The average molecular weight is 162 g/mol. The van der Waals surface area contributed by atoms with Crippen molar-refractivity contribution in [3.05, 3.63) is 12.7 Å². The lowest BCUT2D eigenvalue weighted by Gasteiger charge is -2.12. The molecule has 2 rings (SSSR count). The molecule has 0 saturated heterocycles. The van der Waals surface area contributed by atoms with Crippen LogP contribution in [0.5, 0.6) is 0 Å². The fourth-order valence-electron chi connectivity index (χ4n) is 1.83. The summed E-state index contributed by atoms with van der Waals surface area (Å²) in [6.07, 6.45) is 6.62. The summed E-state index contributed by atoms with van der Waals surface area (Å²) in [4.78, 5) is 0. The second-order valence-electron chi connectivity index (χ2n) is 3.14. The summed E-state index contributed by atoms with van der Waals surface area (Å²) in [5, 5.41) is 16.3. The standard InChI is InChI=1S/C8H10N4/c9-4-7-2-1-3-8(7)12-5-10-11-6-12/h5-8H,1-3H2. The van der Waals surface area contributed by atoms with Crippen molar-refractivity contribution in [2.24, 2.45) is 5.92 Å². The monoisotopic (exact) mass is 162 g/mol. The second-order valence-corrected chi connectivity index (χ2v) is 3.14. The number of nitrogens with zero attached hydrogens (tertiary/aromatic N) is 4. The van der Waals surface area contributed by atoms with Crippen molar-refractivity contribution in [1.82, 2.24) is 14.8 Å². The topological polar surface area (TPSA) is 54.5 Å². The predicted molar refractivity (Wildman–Crippen MR) is 42.0 cm³/mol. The number of hydrogen-bond donors (Lipinski definition) is 0. The summed E-state index contributed by atoms with van der Waals surface area (Å²) in [6, 6.07) is 2.64. The maximum Gasteiger partial charge on any atom is 0.119 e. The quantitative estimate of drug-likeness (QED) is 0.622. The van der Waals surface area contributed by atoms with Crippen LogP contribution in [0.15, 0.2) is 12.7 Å². The molecule has 1 fully saturated rings. The van der Waals surface area contributed by atoms with Gasteiger partial charge in [0.1, 0.15) is 12.7 Å². The number of aromatic nitrogens is 3. The second kappa shape index (κ2) is 2.94. The van der Waals surface area contributed by atoms with Crippen LogP contribution in [0.3, 0.4) is 0 Å². The number of rotatable bonds is 1. The average Bonchev–Trinajstić information content (AvgIpc) is 2.74. The molecule has 0 aromatic carbocycles. The third-order valence-corrected chi connectivity index (χ3v) is 2.46. The Labute approximate surface area is 70.8 Å².